The third-order valence-corrected chi connectivity index (χ3v) is 10.1. The predicted molar refractivity (Wildman–Crippen MR) is 205 cm³/mol. The van der Waals surface area contributed by atoms with E-state index in [-0.39, 0.29) is 5.41 Å². The van der Waals surface area contributed by atoms with E-state index in [1.54, 1.807) is 0 Å². The summed E-state index contributed by atoms with van der Waals surface area (Å²) in [5.74, 6) is 1.00. The molecule has 0 bridgehead atoms. The predicted octanol–water partition coefficient (Wildman–Crippen LogP) is 11.9. The zero-order chi connectivity index (χ0) is 33.7. The molecule has 236 valence electrons. The molecule has 0 fully saturated rings. The molecule has 0 aliphatic carbocycles. The van der Waals surface area contributed by atoms with Crippen LogP contribution in [0.2, 0.25) is 0 Å². The van der Waals surface area contributed by atoms with Crippen molar-refractivity contribution in [3.05, 3.63) is 138 Å². The van der Waals surface area contributed by atoms with Gasteiger partial charge in [-0.15, -0.1) is 34.0 Å². The Kier molecular flexibility index (Phi) is 11.9. The van der Waals surface area contributed by atoms with Crippen molar-refractivity contribution in [3.63, 3.8) is 0 Å². The van der Waals surface area contributed by atoms with Crippen LogP contribution in [0.3, 0.4) is 0 Å². The topological polar surface area (TPSA) is 0 Å². The molecule has 0 spiro atoms. The van der Waals surface area contributed by atoms with E-state index in [2.05, 4.69) is 164 Å². The van der Waals surface area contributed by atoms with Crippen LogP contribution in [-0.4, -0.2) is 9.52 Å². The minimum atomic E-state index is -0.826. The first kappa shape index (κ1) is 35.7. The Balaban J connectivity index is 0.000000222. The van der Waals surface area contributed by atoms with Crippen molar-refractivity contribution in [2.45, 2.75) is 65.7 Å². The molecule has 0 saturated heterocycles. The average molecular weight is 749 g/mol. The van der Waals surface area contributed by atoms with Gasteiger partial charge < -0.3 is 0 Å². The van der Waals surface area contributed by atoms with Gasteiger partial charge in [-0.2, -0.15) is 35.5 Å². The fourth-order valence-electron chi connectivity index (χ4n) is 6.10. The van der Waals surface area contributed by atoms with E-state index in [1.807, 2.05) is 6.07 Å². The monoisotopic (exact) mass is 746 g/mol. The van der Waals surface area contributed by atoms with Gasteiger partial charge in [0, 0.05) is 0 Å². The molecule has 1 heterocycles. The summed E-state index contributed by atoms with van der Waals surface area (Å²) in [6, 6.07) is 45.6. The quantitative estimate of drug-likeness (QED) is 0.124. The first-order chi connectivity index (χ1) is 22.5. The number of rotatable bonds is 4. The van der Waals surface area contributed by atoms with Crippen molar-refractivity contribution < 1.29 is 20.8 Å². The van der Waals surface area contributed by atoms with E-state index in [4.69, 9.17) is 17.0 Å². The molecular weight excluding hydrogens is 707 g/mol. The second-order valence-corrected chi connectivity index (χ2v) is 18.8. The van der Waals surface area contributed by atoms with Crippen LogP contribution in [0.1, 0.15) is 77.0 Å². The average Bonchev–Trinajstić information content (AvgIpc) is 3.67. The van der Waals surface area contributed by atoms with Crippen molar-refractivity contribution in [2.75, 3.05) is 0 Å². The molecule has 4 heteroatoms. The Hall–Kier alpha value is -2.61. The van der Waals surface area contributed by atoms with Gasteiger partial charge >= 0.3 is 37.9 Å². The summed E-state index contributed by atoms with van der Waals surface area (Å²) < 4.78 is 0. The number of benzene rings is 5. The third kappa shape index (κ3) is 8.34. The molecule has 0 N–H and O–H groups in total. The maximum absolute atomic E-state index is 4.93. The van der Waals surface area contributed by atoms with Gasteiger partial charge in [-0.3, -0.25) is 0 Å². The van der Waals surface area contributed by atoms with Gasteiger partial charge in [0.2, 0.25) is 0 Å². The van der Waals surface area contributed by atoms with Crippen molar-refractivity contribution in [2.24, 2.45) is 0 Å². The molecule has 1 aliphatic heterocycles. The molecule has 0 nitrogen and oxygen atoms in total. The molecule has 6 aromatic rings. The maximum atomic E-state index is 4.93. The summed E-state index contributed by atoms with van der Waals surface area (Å²) in [6.45, 7) is 16.1. The Labute approximate surface area is 303 Å². The number of hydrogen-bond donors (Lipinski definition) is 0. The number of fused-ring (bicyclic) bond motifs is 4. The Morgan fingerprint density at radius 2 is 1.30 bits per heavy atom. The molecular formula is C43H42Cl2SiZr. The zero-order valence-corrected chi connectivity index (χ0v) is 33.4. The van der Waals surface area contributed by atoms with Crippen LogP contribution in [0.5, 0.6) is 0 Å². The first-order valence-corrected chi connectivity index (χ1v) is 23.6. The van der Waals surface area contributed by atoms with Gasteiger partial charge in [0.1, 0.15) is 0 Å². The third-order valence-electron chi connectivity index (χ3n) is 8.77. The van der Waals surface area contributed by atoms with Crippen molar-refractivity contribution in [1.29, 1.82) is 0 Å². The van der Waals surface area contributed by atoms with Gasteiger partial charge in [0.15, 0.2) is 0 Å². The van der Waals surface area contributed by atoms with Crippen LogP contribution < -0.4 is 10.4 Å². The van der Waals surface area contributed by atoms with Gasteiger partial charge in [0.25, 0.3) is 0 Å². The van der Waals surface area contributed by atoms with E-state index in [0.29, 0.717) is 11.8 Å². The standard InChI is InChI=1S/C31H35.C12H7Si.2ClH.Zr/c1-20(2)24-15-25(21(3)4)17-26(16-24)30-28(22-11-9-8-10-12-22)14-13-23-18-27(19-29(23)30)31(5,6)7;1-3-7-11-9(5-1)10-6-2-4-8-12(10)13-11;;;/h8-21H,1-7H3;1-7H;2*1H;/q2*-1;;;+4/p-2. The fraction of sp³-hybridized carbons (Fsp3) is 0.233. The smallest absolute Gasteiger partial charge is 0.0920 e. The maximum Gasteiger partial charge on any atom is 0.0920 e. The molecule has 0 unspecified atom stereocenters. The van der Waals surface area contributed by atoms with Crippen molar-refractivity contribution in [3.8, 4) is 33.4 Å². The van der Waals surface area contributed by atoms with Crippen LogP contribution >= 0.6 is 17.0 Å². The number of halogens is 2. The Morgan fingerprint density at radius 1 is 0.681 bits per heavy atom. The molecule has 0 saturated carbocycles. The van der Waals surface area contributed by atoms with Crippen LogP contribution in [0.25, 0.3) is 44.2 Å². The summed E-state index contributed by atoms with van der Waals surface area (Å²) in [5, 5.41) is 5.52. The minimum Gasteiger partial charge on any atom is -0.184 e. The van der Waals surface area contributed by atoms with Crippen LogP contribution in [0.4, 0.5) is 0 Å². The van der Waals surface area contributed by atoms with Crippen LogP contribution in [-0.2, 0) is 26.3 Å². The fourth-order valence-corrected chi connectivity index (χ4v) is 7.41. The zero-order valence-electron chi connectivity index (χ0n) is 28.4. The second kappa shape index (κ2) is 15.7. The summed E-state index contributed by atoms with van der Waals surface area (Å²) in [6.07, 6.45) is 0. The van der Waals surface area contributed by atoms with E-state index in [0.717, 1.165) is 9.52 Å². The Morgan fingerprint density at radius 3 is 1.94 bits per heavy atom. The molecule has 1 aliphatic rings. The summed E-state index contributed by atoms with van der Waals surface area (Å²) in [5.41, 5.74) is 12.4. The molecule has 47 heavy (non-hydrogen) atoms. The molecule has 0 amide bonds. The normalized spacial score (nSPS) is 11.7. The van der Waals surface area contributed by atoms with E-state index in [9.17, 15) is 0 Å². The summed E-state index contributed by atoms with van der Waals surface area (Å²) >= 11 is -0.826. The van der Waals surface area contributed by atoms with Gasteiger partial charge in [0.05, 0.1) is 9.52 Å². The minimum absolute atomic E-state index is 0.131. The second-order valence-electron chi connectivity index (χ2n) is 13.7. The van der Waals surface area contributed by atoms with Crippen molar-refractivity contribution >= 4 is 47.7 Å². The number of hydrogen-bond acceptors (Lipinski definition) is 0. The summed E-state index contributed by atoms with van der Waals surface area (Å²) in [7, 11) is 10.7. The molecule has 6 aromatic carbocycles. The largest absolute Gasteiger partial charge is 0.184 e. The van der Waals surface area contributed by atoms with Crippen molar-refractivity contribution in [1.82, 2.24) is 0 Å². The Bertz CT molecular complexity index is 1880. The first-order valence-electron chi connectivity index (χ1n) is 16.3. The van der Waals surface area contributed by atoms with E-state index < -0.39 is 20.8 Å². The van der Waals surface area contributed by atoms with Crippen LogP contribution in [0, 0.1) is 6.07 Å². The van der Waals surface area contributed by atoms with Gasteiger partial charge in [-0.25, -0.2) is 0 Å². The van der Waals surface area contributed by atoms with E-state index >= 15 is 0 Å². The van der Waals surface area contributed by atoms with Crippen LogP contribution in [0.15, 0.2) is 115 Å². The van der Waals surface area contributed by atoms with Gasteiger partial charge in [-0.1, -0.05) is 144 Å². The van der Waals surface area contributed by atoms with E-state index in [1.165, 1.54) is 71.2 Å². The molecule has 7 rings (SSSR count). The molecule has 0 aromatic heterocycles. The SMILES string of the molecule is CC(C)c1cc(-c2c(-c3ccccc3)ccc3[cH-]c(C(C)(C)C)cc23)cc(C(C)C)c1.[Cl][Zr+2][Cl].[c-]1cccc2c1[Si]c1ccccc1-2. The van der Waals surface area contributed by atoms with Gasteiger partial charge in [-0.05, 0) is 45.1 Å². The summed E-state index contributed by atoms with van der Waals surface area (Å²) in [4.78, 5) is 0. The molecule has 0 atom stereocenters. The molecule has 2 radical (unpaired) electrons.